The summed E-state index contributed by atoms with van der Waals surface area (Å²) in [4.78, 5) is 28.0. The van der Waals surface area contributed by atoms with Crippen LogP contribution in [0, 0.1) is 5.82 Å². The maximum absolute atomic E-state index is 15.0. The van der Waals surface area contributed by atoms with Crippen LogP contribution in [0.4, 0.5) is 10.1 Å². The van der Waals surface area contributed by atoms with Gasteiger partial charge in [0.2, 0.25) is 5.43 Å². The zero-order valence-corrected chi connectivity index (χ0v) is 15.7. The highest BCUT2D eigenvalue weighted by atomic mass is 19.1. The molecule has 0 amide bonds. The Balaban J connectivity index is 1.95. The van der Waals surface area contributed by atoms with E-state index in [1.54, 1.807) is 4.57 Å². The van der Waals surface area contributed by atoms with Gasteiger partial charge in [-0.05, 0) is 34.0 Å². The average molecular weight is 375 g/mol. The van der Waals surface area contributed by atoms with Gasteiger partial charge in [-0.2, -0.15) is 0 Å². The van der Waals surface area contributed by atoms with Crippen LogP contribution in [0.1, 0.15) is 30.2 Å². The Bertz CT molecular complexity index is 1020. The van der Waals surface area contributed by atoms with Gasteiger partial charge in [0.05, 0.1) is 22.5 Å². The number of hydrogen-bond acceptors (Lipinski definition) is 5. The Morgan fingerprint density at radius 3 is 2.67 bits per heavy atom. The third-order valence-corrected chi connectivity index (χ3v) is 5.83. The predicted octanol–water partition coefficient (Wildman–Crippen LogP) is 1.93. The van der Waals surface area contributed by atoms with Gasteiger partial charge in [-0.25, -0.2) is 9.18 Å². The van der Waals surface area contributed by atoms with Crippen LogP contribution in [0.5, 0.6) is 5.75 Å². The number of benzene rings is 1. The first-order valence-corrected chi connectivity index (χ1v) is 8.84. The lowest BCUT2D eigenvalue weighted by atomic mass is 9.89. The molecule has 0 spiro atoms. The maximum atomic E-state index is 15.0. The van der Waals surface area contributed by atoms with Crippen molar-refractivity contribution in [2.45, 2.75) is 25.4 Å². The van der Waals surface area contributed by atoms with E-state index in [-0.39, 0.29) is 29.1 Å². The Labute approximate surface area is 155 Å². The van der Waals surface area contributed by atoms with Crippen LogP contribution in [0.2, 0.25) is 0 Å². The van der Waals surface area contributed by atoms with Gasteiger partial charge in [-0.15, -0.1) is 0 Å². The summed E-state index contributed by atoms with van der Waals surface area (Å²) in [5.41, 5.74) is -0.329. The highest BCUT2D eigenvalue weighted by molar-refractivity contribution is 5.97. The number of carboxylic acids is 1. The number of ether oxygens (including phenoxy) is 1. The second-order valence-corrected chi connectivity index (χ2v) is 7.92. The largest absolute Gasteiger partial charge is 0.487 e. The second-order valence-electron chi connectivity index (χ2n) is 7.92. The first-order chi connectivity index (χ1) is 12.6. The SMILES string of the molecule is C[C@H]1COc2c(N3CC(C)(N(C)C)C3)c(F)cc3c(=O)c(C(=O)O)cn1c23. The lowest BCUT2D eigenvalue weighted by molar-refractivity contribution is 0.0694. The number of likely N-dealkylation sites (N-methyl/N-ethyl adjacent to an activating group) is 1. The third kappa shape index (κ3) is 2.43. The zero-order chi connectivity index (χ0) is 19.7. The summed E-state index contributed by atoms with van der Waals surface area (Å²) >= 11 is 0. The normalized spacial score (nSPS) is 20.5. The van der Waals surface area contributed by atoms with Crippen molar-refractivity contribution in [1.29, 1.82) is 0 Å². The number of pyridine rings is 1. The van der Waals surface area contributed by atoms with Crippen molar-refractivity contribution in [3.8, 4) is 5.75 Å². The topological polar surface area (TPSA) is 75.0 Å². The Kier molecular flexibility index (Phi) is 3.75. The van der Waals surface area contributed by atoms with E-state index >= 15 is 4.39 Å². The van der Waals surface area contributed by atoms with Crippen molar-refractivity contribution in [1.82, 2.24) is 9.47 Å². The third-order valence-electron chi connectivity index (χ3n) is 5.83. The van der Waals surface area contributed by atoms with Crippen LogP contribution in [0.15, 0.2) is 17.1 Å². The molecule has 0 aliphatic carbocycles. The number of aromatic nitrogens is 1. The monoisotopic (exact) mass is 375 g/mol. The number of carboxylic acid groups (broad SMARTS) is 1. The molecule has 1 fully saturated rings. The molecule has 2 aromatic rings. The molecule has 0 radical (unpaired) electrons. The van der Waals surface area contributed by atoms with E-state index in [2.05, 4.69) is 11.8 Å². The van der Waals surface area contributed by atoms with E-state index in [0.29, 0.717) is 30.0 Å². The van der Waals surface area contributed by atoms with Crippen LogP contribution >= 0.6 is 0 Å². The summed E-state index contributed by atoms with van der Waals surface area (Å²) < 4.78 is 22.6. The molecule has 27 heavy (non-hydrogen) atoms. The molecular formula is C19H22FN3O4. The number of rotatable bonds is 3. The van der Waals surface area contributed by atoms with Gasteiger partial charge in [0.1, 0.15) is 17.9 Å². The zero-order valence-electron chi connectivity index (χ0n) is 15.7. The fourth-order valence-electron chi connectivity index (χ4n) is 3.88. The van der Waals surface area contributed by atoms with Crippen LogP contribution in [0.25, 0.3) is 10.9 Å². The lowest BCUT2D eigenvalue weighted by Crippen LogP contribution is -2.67. The van der Waals surface area contributed by atoms with E-state index in [1.807, 2.05) is 25.9 Å². The van der Waals surface area contributed by atoms with Gasteiger partial charge in [-0.3, -0.25) is 4.79 Å². The van der Waals surface area contributed by atoms with Gasteiger partial charge >= 0.3 is 5.97 Å². The number of aromatic carboxylic acids is 1. The number of hydrogen-bond donors (Lipinski definition) is 1. The molecule has 1 atom stereocenters. The van der Waals surface area contributed by atoms with Gasteiger partial charge in [0, 0.05) is 19.3 Å². The summed E-state index contributed by atoms with van der Waals surface area (Å²) in [6.45, 7) is 5.51. The van der Waals surface area contributed by atoms with Crippen molar-refractivity contribution in [3.05, 3.63) is 33.9 Å². The summed E-state index contributed by atoms with van der Waals surface area (Å²) in [5, 5.41) is 9.37. The summed E-state index contributed by atoms with van der Waals surface area (Å²) in [6.07, 6.45) is 1.34. The van der Waals surface area contributed by atoms with E-state index < -0.39 is 17.2 Å². The summed E-state index contributed by atoms with van der Waals surface area (Å²) in [7, 11) is 3.97. The Hall–Kier alpha value is -2.61. The second kappa shape index (κ2) is 5.69. The molecule has 0 saturated carbocycles. The first kappa shape index (κ1) is 17.8. The minimum Gasteiger partial charge on any atom is -0.487 e. The lowest BCUT2D eigenvalue weighted by Gasteiger charge is -2.53. The Morgan fingerprint density at radius 1 is 1.41 bits per heavy atom. The van der Waals surface area contributed by atoms with E-state index in [1.165, 1.54) is 6.20 Å². The molecule has 0 unspecified atom stereocenters. The molecule has 8 heteroatoms. The van der Waals surface area contributed by atoms with Crippen molar-refractivity contribution >= 4 is 22.6 Å². The summed E-state index contributed by atoms with van der Waals surface area (Å²) in [6, 6.07) is 0.979. The van der Waals surface area contributed by atoms with Crippen molar-refractivity contribution in [2.75, 3.05) is 38.7 Å². The average Bonchev–Trinajstić information content (AvgIpc) is 2.56. The molecule has 3 heterocycles. The van der Waals surface area contributed by atoms with E-state index in [9.17, 15) is 14.7 Å². The molecular weight excluding hydrogens is 353 g/mol. The molecule has 2 aliphatic rings. The molecule has 1 aromatic carbocycles. The van der Waals surface area contributed by atoms with Crippen molar-refractivity contribution in [2.24, 2.45) is 0 Å². The molecule has 7 nitrogen and oxygen atoms in total. The number of carbonyl (C=O) groups is 1. The Morgan fingerprint density at radius 2 is 2.07 bits per heavy atom. The van der Waals surface area contributed by atoms with Crippen molar-refractivity contribution < 1.29 is 19.0 Å². The molecule has 1 aromatic heterocycles. The molecule has 1 saturated heterocycles. The van der Waals surface area contributed by atoms with E-state index in [4.69, 9.17) is 4.74 Å². The van der Waals surface area contributed by atoms with Gasteiger partial charge in [0.15, 0.2) is 11.6 Å². The number of anilines is 1. The smallest absolute Gasteiger partial charge is 0.341 e. The maximum Gasteiger partial charge on any atom is 0.341 e. The number of halogens is 1. The first-order valence-electron chi connectivity index (χ1n) is 8.84. The minimum absolute atomic E-state index is 0.0357. The standard InChI is InChI=1S/C19H22FN3O4/c1-10-7-27-17-14-11(16(24)12(18(25)26)6-23(10)14)5-13(20)15(17)22-8-19(2,9-22)21(3)4/h5-6,10H,7-9H2,1-4H3,(H,25,26)/t10-/m0/s1. The predicted molar refractivity (Wildman–Crippen MR) is 99.6 cm³/mol. The highest BCUT2D eigenvalue weighted by Crippen LogP contribution is 2.44. The van der Waals surface area contributed by atoms with Crippen LogP contribution < -0.4 is 15.1 Å². The molecule has 4 rings (SSSR count). The van der Waals surface area contributed by atoms with Crippen LogP contribution in [0.3, 0.4) is 0 Å². The van der Waals surface area contributed by atoms with Gasteiger partial charge in [-0.1, -0.05) is 0 Å². The molecule has 2 aliphatic heterocycles. The molecule has 0 bridgehead atoms. The quantitative estimate of drug-likeness (QED) is 0.884. The van der Waals surface area contributed by atoms with Crippen molar-refractivity contribution in [3.63, 3.8) is 0 Å². The summed E-state index contributed by atoms with van der Waals surface area (Å²) in [5.74, 6) is -1.57. The fraction of sp³-hybridized carbons (Fsp3) is 0.474. The minimum atomic E-state index is -1.32. The molecule has 144 valence electrons. The van der Waals surface area contributed by atoms with Gasteiger partial charge < -0.3 is 24.2 Å². The van der Waals surface area contributed by atoms with Gasteiger partial charge in [0.25, 0.3) is 0 Å². The molecule has 1 N–H and O–H groups in total. The van der Waals surface area contributed by atoms with Crippen LogP contribution in [-0.2, 0) is 0 Å². The highest BCUT2D eigenvalue weighted by Gasteiger charge is 2.43. The fourth-order valence-corrected chi connectivity index (χ4v) is 3.88. The van der Waals surface area contributed by atoms with E-state index in [0.717, 1.165) is 6.07 Å². The number of nitrogens with zero attached hydrogens (tertiary/aromatic N) is 3. The van der Waals surface area contributed by atoms with Crippen LogP contribution in [-0.4, -0.2) is 59.9 Å².